The lowest BCUT2D eigenvalue weighted by Crippen LogP contribution is -2.29. The number of amides is 1. The van der Waals surface area contributed by atoms with Gasteiger partial charge in [0.05, 0.1) is 5.92 Å². The first-order valence-corrected chi connectivity index (χ1v) is 8.29. The van der Waals surface area contributed by atoms with Crippen LogP contribution < -0.4 is 4.74 Å². The lowest BCUT2D eigenvalue weighted by Gasteiger charge is -2.16. The van der Waals surface area contributed by atoms with Gasteiger partial charge in [0.25, 0.3) is 5.91 Å². The minimum Gasteiger partial charge on any atom is -0.488 e. The molecular formula is C17H17NO4S. The molecule has 6 heteroatoms. The number of rotatable bonds is 5. The molecule has 23 heavy (non-hydrogen) atoms. The summed E-state index contributed by atoms with van der Waals surface area (Å²) in [5, 5.41) is 11.0. The molecule has 120 valence electrons. The highest BCUT2D eigenvalue weighted by Crippen LogP contribution is 2.22. The van der Waals surface area contributed by atoms with Gasteiger partial charge in [0, 0.05) is 23.5 Å². The van der Waals surface area contributed by atoms with Crippen molar-refractivity contribution in [3.63, 3.8) is 0 Å². The maximum absolute atomic E-state index is 12.5. The number of ether oxygens (including phenoxy) is 1. The number of likely N-dealkylation sites (tertiary alicyclic amines) is 1. The number of carboxylic acids is 1. The second kappa shape index (κ2) is 6.83. The van der Waals surface area contributed by atoms with Gasteiger partial charge in [-0.15, -0.1) is 11.3 Å². The molecule has 2 heterocycles. The summed E-state index contributed by atoms with van der Waals surface area (Å²) < 4.78 is 5.71. The van der Waals surface area contributed by atoms with E-state index in [2.05, 4.69) is 0 Å². The van der Waals surface area contributed by atoms with Crippen LogP contribution in [0.4, 0.5) is 0 Å². The topological polar surface area (TPSA) is 66.8 Å². The first-order chi connectivity index (χ1) is 11.1. The molecule has 0 saturated carbocycles. The van der Waals surface area contributed by atoms with Crippen molar-refractivity contribution in [2.45, 2.75) is 13.0 Å². The molecule has 1 saturated heterocycles. The Kier molecular flexibility index (Phi) is 4.62. The number of carboxylic acid groups (broad SMARTS) is 1. The first-order valence-electron chi connectivity index (χ1n) is 7.41. The molecule has 0 spiro atoms. The summed E-state index contributed by atoms with van der Waals surface area (Å²) in [4.78, 5) is 26.2. The van der Waals surface area contributed by atoms with Gasteiger partial charge in [-0.05, 0) is 36.1 Å². The van der Waals surface area contributed by atoms with E-state index in [4.69, 9.17) is 9.84 Å². The van der Waals surface area contributed by atoms with Crippen molar-refractivity contribution in [1.29, 1.82) is 0 Å². The van der Waals surface area contributed by atoms with Crippen molar-refractivity contribution < 1.29 is 19.4 Å². The summed E-state index contributed by atoms with van der Waals surface area (Å²) in [7, 11) is 0. The fraction of sp³-hybridized carbons (Fsp3) is 0.294. The van der Waals surface area contributed by atoms with Crippen LogP contribution in [0.1, 0.15) is 21.7 Å². The van der Waals surface area contributed by atoms with Crippen LogP contribution in [0.15, 0.2) is 41.8 Å². The fourth-order valence-electron chi connectivity index (χ4n) is 2.60. The Morgan fingerprint density at radius 2 is 2.17 bits per heavy atom. The third-order valence-electron chi connectivity index (χ3n) is 3.87. The van der Waals surface area contributed by atoms with Crippen molar-refractivity contribution >= 4 is 23.2 Å². The third kappa shape index (κ3) is 3.71. The second-order valence-corrected chi connectivity index (χ2v) is 6.50. The van der Waals surface area contributed by atoms with Crippen LogP contribution in [-0.2, 0) is 11.4 Å². The maximum Gasteiger partial charge on any atom is 0.308 e. The third-order valence-corrected chi connectivity index (χ3v) is 4.72. The number of hydrogen-bond donors (Lipinski definition) is 1. The van der Waals surface area contributed by atoms with Crippen molar-refractivity contribution in [2.24, 2.45) is 5.92 Å². The van der Waals surface area contributed by atoms with E-state index in [-0.39, 0.29) is 12.5 Å². The molecule has 0 radical (unpaired) electrons. The Labute approximate surface area is 138 Å². The summed E-state index contributed by atoms with van der Waals surface area (Å²) in [6.45, 7) is 1.23. The van der Waals surface area contributed by atoms with Gasteiger partial charge < -0.3 is 14.7 Å². The number of benzene rings is 1. The highest BCUT2D eigenvalue weighted by molar-refractivity contribution is 7.09. The molecule has 0 bridgehead atoms. The van der Waals surface area contributed by atoms with E-state index in [0.29, 0.717) is 30.9 Å². The first kappa shape index (κ1) is 15.6. The predicted octanol–water partition coefficient (Wildman–Crippen LogP) is 2.87. The van der Waals surface area contributed by atoms with Gasteiger partial charge in [-0.2, -0.15) is 0 Å². The van der Waals surface area contributed by atoms with Crippen LogP contribution in [0, 0.1) is 5.92 Å². The van der Waals surface area contributed by atoms with E-state index < -0.39 is 11.9 Å². The van der Waals surface area contributed by atoms with Crippen molar-refractivity contribution in [2.75, 3.05) is 13.1 Å². The van der Waals surface area contributed by atoms with Crippen molar-refractivity contribution in [3.05, 3.63) is 52.2 Å². The van der Waals surface area contributed by atoms with Crippen LogP contribution in [0.2, 0.25) is 0 Å². The molecule has 1 amide bonds. The Morgan fingerprint density at radius 3 is 2.87 bits per heavy atom. The summed E-state index contributed by atoms with van der Waals surface area (Å²) in [6, 6.07) is 11.0. The van der Waals surface area contributed by atoms with Crippen LogP contribution >= 0.6 is 11.3 Å². The summed E-state index contributed by atoms with van der Waals surface area (Å²) in [5.74, 6) is -0.806. The van der Waals surface area contributed by atoms with E-state index in [0.717, 1.165) is 4.88 Å². The van der Waals surface area contributed by atoms with E-state index in [1.54, 1.807) is 34.4 Å². The van der Waals surface area contributed by atoms with Crippen LogP contribution in [0.3, 0.4) is 0 Å². The molecule has 1 unspecified atom stereocenters. The molecule has 1 aliphatic heterocycles. The predicted molar refractivity (Wildman–Crippen MR) is 86.7 cm³/mol. The minimum absolute atomic E-state index is 0.143. The molecule has 1 atom stereocenters. The standard InChI is InChI=1S/C17H17NO4S/c19-16(18-7-6-13(10-18)17(20)21)12-3-1-4-14(9-12)22-11-15-5-2-8-23-15/h1-5,8-9,13H,6-7,10-11H2,(H,20,21). The molecule has 3 rings (SSSR count). The highest BCUT2D eigenvalue weighted by Gasteiger charge is 2.31. The minimum atomic E-state index is -0.840. The zero-order chi connectivity index (χ0) is 16.2. The summed E-state index contributed by atoms with van der Waals surface area (Å²) in [5.41, 5.74) is 0.528. The van der Waals surface area contributed by atoms with E-state index in [1.165, 1.54) is 0 Å². The average molecular weight is 331 g/mol. The van der Waals surface area contributed by atoms with Gasteiger partial charge in [-0.1, -0.05) is 12.1 Å². The van der Waals surface area contributed by atoms with E-state index in [9.17, 15) is 9.59 Å². The number of aliphatic carboxylic acids is 1. The molecular weight excluding hydrogens is 314 g/mol. The Hall–Kier alpha value is -2.34. The molecule has 1 N–H and O–H groups in total. The van der Waals surface area contributed by atoms with Crippen molar-refractivity contribution in [1.82, 2.24) is 4.90 Å². The molecule has 1 aromatic heterocycles. The largest absolute Gasteiger partial charge is 0.488 e. The summed E-state index contributed by atoms with van der Waals surface area (Å²) in [6.07, 6.45) is 0.510. The molecule has 1 aromatic carbocycles. The number of nitrogens with zero attached hydrogens (tertiary/aromatic N) is 1. The fourth-order valence-corrected chi connectivity index (χ4v) is 3.21. The molecule has 0 aliphatic carbocycles. The van der Waals surface area contributed by atoms with Gasteiger partial charge in [0.1, 0.15) is 12.4 Å². The van der Waals surface area contributed by atoms with Crippen molar-refractivity contribution in [3.8, 4) is 5.75 Å². The Morgan fingerprint density at radius 1 is 1.30 bits per heavy atom. The van der Waals surface area contributed by atoms with Gasteiger partial charge in [-0.3, -0.25) is 9.59 Å². The Balaban J connectivity index is 1.65. The van der Waals surface area contributed by atoms with E-state index in [1.807, 2.05) is 23.6 Å². The molecule has 2 aromatic rings. The van der Waals surface area contributed by atoms with Crippen LogP contribution in [0.25, 0.3) is 0 Å². The molecule has 1 fully saturated rings. The van der Waals surface area contributed by atoms with Gasteiger partial charge in [0.2, 0.25) is 0 Å². The SMILES string of the molecule is O=C(O)C1CCN(C(=O)c2cccc(OCc3cccs3)c2)C1. The summed E-state index contributed by atoms with van der Waals surface area (Å²) >= 11 is 1.62. The van der Waals surface area contributed by atoms with Crippen LogP contribution in [0.5, 0.6) is 5.75 Å². The zero-order valence-electron chi connectivity index (χ0n) is 12.5. The van der Waals surface area contributed by atoms with E-state index >= 15 is 0 Å². The zero-order valence-corrected chi connectivity index (χ0v) is 13.3. The monoisotopic (exact) mass is 331 g/mol. The second-order valence-electron chi connectivity index (χ2n) is 5.47. The molecule has 5 nitrogen and oxygen atoms in total. The number of carbonyl (C=O) groups excluding carboxylic acids is 1. The quantitative estimate of drug-likeness (QED) is 0.915. The maximum atomic E-state index is 12.5. The smallest absolute Gasteiger partial charge is 0.308 e. The van der Waals surface area contributed by atoms with Gasteiger partial charge in [0.15, 0.2) is 0 Å². The van der Waals surface area contributed by atoms with Gasteiger partial charge >= 0.3 is 5.97 Å². The average Bonchev–Trinajstić information content (AvgIpc) is 3.24. The van der Waals surface area contributed by atoms with Crippen LogP contribution in [-0.4, -0.2) is 35.0 Å². The lowest BCUT2D eigenvalue weighted by atomic mass is 10.1. The molecule has 1 aliphatic rings. The number of thiophene rings is 1. The normalized spacial score (nSPS) is 17.2. The Bertz CT molecular complexity index is 698. The number of hydrogen-bond acceptors (Lipinski definition) is 4. The lowest BCUT2D eigenvalue weighted by molar-refractivity contribution is -0.141. The van der Waals surface area contributed by atoms with Gasteiger partial charge in [-0.25, -0.2) is 0 Å². The highest BCUT2D eigenvalue weighted by atomic mass is 32.1. The number of carbonyl (C=O) groups is 2.